The normalized spacial score (nSPS) is 11.5. The third kappa shape index (κ3) is 2.86. The molecule has 3 nitrogen and oxygen atoms in total. The van der Waals surface area contributed by atoms with E-state index >= 15 is 0 Å². The Bertz CT molecular complexity index is 331. The van der Waals surface area contributed by atoms with Gasteiger partial charge in [-0.3, -0.25) is 0 Å². The molecule has 1 rings (SSSR count). The molecule has 1 N–H and O–H groups in total. The van der Waals surface area contributed by atoms with E-state index in [1.54, 1.807) is 12.1 Å². The molecule has 0 aliphatic heterocycles. The second-order valence-corrected chi connectivity index (χ2v) is 3.54. The van der Waals surface area contributed by atoms with Gasteiger partial charge in [0.05, 0.1) is 0 Å². The maximum absolute atomic E-state index is 8.99. The zero-order valence-corrected chi connectivity index (χ0v) is 9.70. The fraction of sp³-hybridized carbons (Fsp3) is 0.364. The van der Waals surface area contributed by atoms with Crippen LogP contribution in [0, 0.1) is 0 Å². The summed E-state index contributed by atoms with van der Waals surface area (Å²) < 4.78 is 0. The quantitative estimate of drug-likeness (QED) is 0.372. The molecular weight excluding hydrogens is 212 g/mol. The van der Waals surface area contributed by atoms with Crippen molar-refractivity contribution < 1.29 is 5.21 Å². The van der Waals surface area contributed by atoms with Gasteiger partial charge in [0, 0.05) is 23.7 Å². The Morgan fingerprint density at radius 1 is 1.27 bits per heavy atom. The molecule has 0 saturated carbocycles. The predicted molar refractivity (Wildman–Crippen MR) is 62.7 cm³/mol. The Balaban J connectivity index is 2.97. The van der Waals surface area contributed by atoms with E-state index in [4.69, 9.17) is 16.8 Å². The summed E-state index contributed by atoms with van der Waals surface area (Å²) in [6, 6.07) is 7.25. The van der Waals surface area contributed by atoms with Crippen LogP contribution in [-0.4, -0.2) is 29.0 Å². The third-order valence-corrected chi connectivity index (χ3v) is 2.51. The molecule has 0 saturated heterocycles. The van der Waals surface area contributed by atoms with Gasteiger partial charge < -0.3 is 10.1 Å². The highest BCUT2D eigenvalue weighted by Crippen LogP contribution is 2.12. The van der Waals surface area contributed by atoms with Gasteiger partial charge in [-0.1, -0.05) is 16.8 Å². The van der Waals surface area contributed by atoms with Crippen molar-refractivity contribution in [3.63, 3.8) is 0 Å². The van der Waals surface area contributed by atoms with E-state index in [0.717, 1.165) is 18.7 Å². The van der Waals surface area contributed by atoms with Gasteiger partial charge in [0.25, 0.3) is 0 Å². The van der Waals surface area contributed by atoms with Crippen molar-refractivity contribution in [1.29, 1.82) is 0 Å². The summed E-state index contributed by atoms with van der Waals surface area (Å²) in [7, 11) is 0. The zero-order chi connectivity index (χ0) is 11.3. The number of oxime groups is 1. The average Bonchev–Trinajstić information content (AvgIpc) is 2.27. The second-order valence-electron chi connectivity index (χ2n) is 3.10. The van der Waals surface area contributed by atoms with E-state index in [9.17, 15) is 0 Å². The van der Waals surface area contributed by atoms with Crippen molar-refractivity contribution in [1.82, 2.24) is 4.90 Å². The Morgan fingerprint density at radius 2 is 1.80 bits per heavy atom. The molecular formula is C11H15ClN2O. The first-order valence-corrected chi connectivity index (χ1v) is 5.33. The van der Waals surface area contributed by atoms with Crippen molar-refractivity contribution in [2.75, 3.05) is 13.1 Å². The first kappa shape index (κ1) is 11.9. The maximum atomic E-state index is 8.99. The lowest BCUT2D eigenvalue weighted by atomic mass is 10.2. The van der Waals surface area contributed by atoms with Gasteiger partial charge in [-0.15, -0.1) is 0 Å². The molecule has 1 aromatic carbocycles. The minimum absolute atomic E-state index is 0.580. The monoisotopic (exact) mass is 226 g/mol. The molecule has 0 bridgehead atoms. The average molecular weight is 227 g/mol. The summed E-state index contributed by atoms with van der Waals surface area (Å²) in [5.41, 5.74) is 0.866. The van der Waals surface area contributed by atoms with Crippen LogP contribution in [0.25, 0.3) is 0 Å². The Morgan fingerprint density at radius 3 is 2.20 bits per heavy atom. The van der Waals surface area contributed by atoms with Gasteiger partial charge in [-0.05, 0) is 38.1 Å². The van der Waals surface area contributed by atoms with Crippen molar-refractivity contribution in [2.24, 2.45) is 5.16 Å². The van der Waals surface area contributed by atoms with E-state index in [1.807, 2.05) is 30.9 Å². The smallest absolute Gasteiger partial charge is 0.175 e. The standard InChI is InChI=1S/C11H15ClN2O/c1-3-14(4-2)11(13-15)9-5-7-10(12)8-6-9/h5-8,15H,3-4H2,1-2H3/b13-11+. The molecule has 0 radical (unpaired) electrons. The highest BCUT2D eigenvalue weighted by molar-refractivity contribution is 6.30. The maximum Gasteiger partial charge on any atom is 0.175 e. The van der Waals surface area contributed by atoms with Gasteiger partial charge in [0.15, 0.2) is 5.84 Å². The molecule has 0 spiro atoms. The fourth-order valence-corrected chi connectivity index (χ4v) is 1.55. The molecule has 15 heavy (non-hydrogen) atoms. The van der Waals surface area contributed by atoms with E-state index < -0.39 is 0 Å². The van der Waals surface area contributed by atoms with E-state index in [-0.39, 0.29) is 0 Å². The molecule has 82 valence electrons. The number of rotatable bonds is 3. The molecule has 0 amide bonds. The summed E-state index contributed by atoms with van der Waals surface area (Å²) in [5, 5.41) is 13.0. The van der Waals surface area contributed by atoms with Crippen LogP contribution in [0.15, 0.2) is 29.4 Å². The molecule has 0 aromatic heterocycles. The first-order valence-electron chi connectivity index (χ1n) is 4.95. The van der Waals surface area contributed by atoms with E-state index in [1.165, 1.54) is 0 Å². The molecule has 0 heterocycles. The summed E-state index contributed by atoms with van der Waals surface area (Å²) in [6.45, 7) is 5.65. The SMILES string of the molecule is CCN(CC)/C(=N/O)c1ccc(Cl)cc1. The van der Waals surface area contributed by atoms with Gasteiger partial charge in [-0.25, -0.2) is 0 Å². The number of benzene rings is 1. The number of halogens is 1. The molecule has 1 aromatic rings. The summed E-state index contributed by atoms with van der Waals surface area (Å²) >= 11 is 5.79. The molecule has 0 aliphatic rings. The van der Waals surface area contributed by atoms with Crippen LogP contribution < -0.4 is 0 Å². The number of hydrogen-bond donors (Lipinski definition) is 1. The van der Waals surface area contributed by atoms with Crippen LogP contribution in [-0.2, 0) is 0 Å². The molecule has 0 unspecified atom stereocenters. The predicted octanol–water partition coefficient (Wildman–Crippen LogP) is 2.82. The molecule has 0 aliphatic carbocycles. The highest BCUT2D eigenvalue weighted by Gasteiger charge is 2.10. The topological polar surface area (TPSA) is 35.8 Å². The van der Waals surface area contributed by atoms with E-state index in [0.29, 0.717) is 10.9 Å². The largest absolute Gasteiger partial charge is 0.409 e. The van der Waals surface area contributed by atoms with Crippen LogP contribution in [0.4, 0.5) is 0 Å². The van der Waals surface area contributed by atoms with Crippen molar-refractivity contribution in [3.05, 3.63) is 34.9 Å². The van der Waals surface area contributed by atoms with Crippen LogP contribution >= 0.6 is 11.6 Å². The lowest BCUT2D eigenvalue weighted by molar-refractivity contribution is 0.304. The lowest BCUT2D eigenvalue weighted by Gasteiger charge is -2.21. The summed E-state index contributed by atoms with van der Waals surface area (Å²) in [5.74, 6) is 0.580. The second kappa shape index (κ2) is 5.61. The third-order valence-electron chi connectivity index (χ3n) is 2.26. The fourth-order valence-electron chi connectivity index (χ4n) is 1.43. The Hall–Kier alpha value is -1.22. The van der Waals surface area contributed by atoms with Crippen molar-refractivity contribution >= 4 is 17.4 Å². The van der Waals surface area contributed by atoms with Crippen LogP contribution in [0.2, 0.25) is 5.02 Å². The molecule has 0 fully saturated rings. The number of hydrogen-bond acceptors (Lipinski definition) is 2. The first-order chi connectivity index (χ1) is 7.22. The number of nitrogens with zero attached hydrogens (tertiary/aromatic N) is 2. The van der Waals surface area contributed by atoms with Crippen LogP contribution in [0.1, 0.15) is 19.4 Å². The minimum Gasteiger partial charge on any atom is -0.409 e. The van der Waals surface area contributed by atoms with Crippen molar-refractivity contribution in [3.8, 4) is 0 Å². The van der Waals surface area contributed by atoms with Gasteiger partial charge in [0.1, 0.15) is 0 Å². The minimum atomic E-state index is 0.580. The summed E-state index contributed by atoms with van der Waals surface area (Å²) in [4.78, 5) is 1.98. The summed E-state index contributed by atoms with van der Waals surface area (Å²) in [6.07, 6.45) is 0. The van der Waals surface area contributed by atoms with Gasteiger partial charge in [0.2, 0.25) is 0 Å². The van der Waals surface area contributed by atoms with Gasteiger partial charge in [-0.2, -0.15) is 0 Å². The lowest BCUT2D eigenvalue weighted by Crippen LogP contribution is -2.31. The number of amidine groups is 1. The van der Waals surface area contributed by atoms with E-state index in [2.05, 4.69) is 5.16 Å². The van der Waals surface area contributed by atoms with Gasteiger partial charge >= 0.3 is 0 Å². The molecule has 4 heteroatoms. The van der Waals surface area contributed by atoms with Crippen LogP contribution in [0.3, 0.4) is 0 Å². The van der Waals surface area contributed by atoms with Crippen molar-refractivity contribution in [2.45, 2.75) is 13.8 Å². The van der Waals surface area contributed by atoms with Crippen LogP contribution in [0.5, 0.6) is 0 Å². The Labute approximate surface area is 95.0 Å². The highest BCUT2D eigenvalue weighted by atomic mass is 35.5. The Kier molecular flexibility index (Phi) is 4.43. The zero-order valence-electron chi connectivity index (χ0n) is 8.94. The molecule has 0 atom stereocenters.